The van der Waals surface area contributed by atoms with Gasteiger partial charge in [-0.1, -0.05) is 43.7 Å². The molecule has 0 aromatic heterocycles. The summed E-state index contributed by atoms with van der Waals surface area (Å²) in [4.78, 5) is 26.1. The molecule has 24 heavy (non-hydrogen) atoms. The fraction of sp³-hybridized carbons (Fsp3) is 0.579. The molecule has 5 nitrogen and oxygen atoms in total. The lowest BCUT2D eigenvalue weighted by Gasteiger charge is -2.28. The minimum absolute atomic E-state index is 0.243. The number of nitrogens with one attached hydrogen (secondary N) is 2. The first-order valence-electron chi connectivity index (χ1n) is 8.95. The van der Waals surface area contributed by atoms with Gasteiger partial charge in [0.2, 0.25) is 5.91 Å². The van der Waals surface area contributed by atoms with Gasteiger partial charge in [-0.25, -0.2) is 4.79 Å². The molecule has 1 unspecified atom stereocenters. The summed E-state index contributed by atoms with van der Waals surface area (Å²) in [5.74, 6) is 0.423. The van der Waals surface area contributed by atoms with Crippen molar-refractivity contribution in [3.8, 4) is 0 Å². The molecule has 1 aromatic rings. The van der Waals surface area contributed by atoms with Crippen LogP contribution in [0.4, 0.5) is 4.79 Å². The second-order valence-electron chi connectivity index (χ2n) is 6.63. The van der Waals surface area contributed by atoms with E-state index >= 15 is 0 Å². The molecule has 5 heteroatoms. The van der Waals surface area contributed by atoms with Crippen molar-refractivity contribution in [3.05, 3.63) is 35.9 Å². The average molecular weight is 331 g/mol. The van der Waals surface area contributed by atoms with Gasteiger partial charge in [-0.3, -0.25) is 15.0 Å². The van der Waals surface area contributed by atoms with E-state index in [2.05, 4.69) is 41.5 Å². The first kappa shape index (κ1) is 18.5. The van der Waals surface area contributed by atoms with Gasteiger partial charge in [0.1, 0.15) is 0 Å². The summed E-state index contributed by atoms with van der Waals surface area (Å²) in [6, 6.07) is 10.1. The number of hydrogen-bond donors (Lipinski definition) is 2. The highest BCUT2D eigenvalue weighted by Gasteiger charge is 2.32. The number of carbonyl (C=O) groups is 2. The quantitative estimate of drug-likeness (QED) is 0.684. The molecule has 1 saturated carbocycles. The van der Waals surface area contributed by atoms with Crippen LogP contribution >= 0.6 is 0 Å². The third-order valence-corrected chi connectivity index (χ3v) is 4.52. The van der Waals surface area contributed by atoms with E-state index in [1.807, 2.05) is 18.2 Å². The number of unbranched alkanes of at least 4 members (excludes halogenated alkanes) is 1. The topological polar surface area (TPSA) is 61.4 Å². The zero-order valence-electron chi connectivity index (χ0n) is 14.8. The number of rotatable bonds is 9. The Morgan fingerprint density at radius 2 is 1.96 bits per heavy atom. The van der Waals surface area contributed by atoms with E-state index in [0.717, 1.165) is 19.4 Å². The lowest BCUT2D eigenvalue weighted by atomic mass is 10.1. The molecule has 2 rings (SSSR count). The van der Waals surface area contributed by atoms with Crippen LogP contribution in [0.3, 0.4) is 0 Å². The normalized spacial score (nSPS) is 15.1. The second-order valence-corrected chi connectivity index (χ2v) is 6.63. The Morgan fingerprint density at radius 3 is 2.58 bits per heavy atom. The van der Waals surface area contributed by atoms with Gasteiger partial charge >= 0.3 is 6.03 Å². The smallest absolute Gasteiger partial charge is 0.321 e. The van der Waals surface area contributed by atoms with Gasteiger partial charge in [0.15, 0.2) is 0 Å². The molecular formula is C19H29N3O2. The van der Waals surface area contributed by atoms with E-state index in [-0.39, 0.29) is 12.5 Å². The Labute approximate surface area is 144 Å². The largest absolute Gasteiger partial charge is 0.338 e. The number of urea groups is 1. The van der Waals surface area contributed by atoms with E-state index in [9.17, 15) is 9.59 Å². The van der Waals surface area contributed by atoms with Gasteiger partial charge in [0.25, 0.3) is 0 Å². The van der Waals surface area contributed by atoms with Crippen molar-refractivity contribution in [2.45, 2.75) is 52.1 Å². The highest BCUT2D eigenvalue weighted by molar-refractivity contribution is 5.95. The second kappa shape index (κ2) is 9.42. The summed E-state index contributed by atoms with van der Waals surface area (Å²) in [6.45, 7) is 5.81. The summed E-state index contributed by atoms with van der Waals surface area (Å²) in [5.41, 5.74) is 1.19. The molecule has 1 atom stereocenters. The van der Waals surface area contributed by atoms with Crippen LogP contribution in [0, 0.1) is 5.92 Å². The van der Waals surface area contributed by atoms with Crippen LogP contribution in [-0.4, -0.2) is 36.0 Å². The third kappa shape index (κ3) is 6.32. The van der Waals surface area contributed by atoms with E-state index in [4.69, 9.17) is 0 Å². The van der Waals surface area contributed by atoms with Gasteiger partial charge in [0.05, 0.1) is 6.54 Å². The van der Waals surface area contributed by atoms with Crippen molar-refractivity contribution in [1.82, 2.24) is 15.5 Å². The fourth-order valence-electron chi connectivity index (χ4n) is 2.81. The van der Waals surface area contributed by atoms with Crippen molar-refractivity contribution < 1.29 is 9.59 Å². The van der Waals surface area contributed by atoms with Crippen molar-refractivity contribution in [3.63, 3.8) is 0 Å². The number of hydrogen-bond acceptors (Lipinski definition) is 3. The van der Waals surface area contributed by atoms with Crippen LogP contribution in [0.2, 0.25) is 0 Å². The molecule has 2 N–H and O–H groups in total. The van der Waals surface area contributed by atoms with Crippen LogP contribution in [0.5, 0.6) is 0 Å². The monoisotopic (exact) mass is 331 g/mol. The summed E-state index contributed by atoms with van der Waals surface area (Å²) in [6.07, 6.45) is 4.38. The molecule has 1 aromatic carbocycles. The summed E-state index contributed by atoms with van der Waals surface area (Å²) < 4.78 is 0. The van der Waals surface area contributed by atoms with E-state index in [0.29, 0.717) is 18.5 Å². The number of nitrogens with zero attached hydrogens (tertiary/aromatic N) is 1. The highest BCUT2D eigenvalue weighted by atomic mass is 16.2. The molecule has 1 fully saturated rings. The molecule has 3 amide bonds. The minimum atomic E-state index is -0.396. The maximum Gasteiger partial charge on any atom is 0.321 e. The summed E-state index contributed by atoms with van der Waals surface area (Å²) in [5, 5.41) is 5.15. The predicted octanol–water partition coefficient (Wildman–Crippen LogP) is 2.91. The van der Waals surface area contributed by atoms with Crippen molar-refractivity contribution in [1.29, 1.82) is 0 Å². The number of amides is 3. The van der Waals surface area contributed by atoms with E-state index < -0.39 is 6.03 Å². The molecule has 0 radical (unpaired) electrons. The van der Waals surface area contributed by atoms with Crippen LogP contribution in [0.1, 0.15) is 45.1 Å². The van der Waals surface area contributed by atoms with Crippen LogP contribution in [-0.2, 0) is 11.3 Å². The molecule has 0 bridgehead atoms. The number of benzene rings is 1. The molecule has 0 saturated heterocycles. The SMILES string of the molecule is CCCCNC(=O)NC(=O)CN(Cc1ccccc1)C(C)C1CC1. The molecule has 0 spiro atoms. The van der Waals surface area contributed by atoms with Gasteiger partial charge in [-0.05, 0) is 37.7 Å². The Morgan fingerprint density at radius 1 is 1.25 bits per heavy atom. The Balaban J connectivity index is 1.87. The standard InChI is InChI=1S/C19H29N3O2/c1-3-4-12-20-19(24)21-18(23)14-22(15(2)17-10-11-17)13-16-8-6-5-7-9-16/h5-9,15,17H,3-4,10-14H2,1-2H3,(H2,20,21,23,24). The Hall–Kier alpha value is -1.88. The predicted molar refractivity (Wildman–Crippen MR) is 95.5 cm³/mol. The molecular weight excluding hydrogens is 302 g/mol. The molecule has 0 heterocycles. The van der Waals surface area contributed by atoms with Crippen LogP contribution < -0.4 is 10.6 Å². The maximum atomic E-state index is 12.2. The summed E-state index contributed by atoms with van der Waals surface area (Å²) in [7, 11) is 0. The number of imide groups is 1. The van der Waals surface area contributed by atoms with E-state index in [1.54, 1.807) is 0 Å². The van der Waals surface area contributed by atoms with E-state index in [1.165, 1.54) is 18.4 Å². The zero-order chi connectivity index (χ0) is 17.4. The third-order valence-electron chi connectivity index (χ3n) is 4.52. The molecule has 132 valence electrons. The Bertz CT molecular complexity index is 529. The average Bonchev–Trinajstić information content (AvgIpc) is 3.39. The minimum Gasteiger partial charge on any atom is -0.338 e. The lowest BCUT2D eigenvalue weighted by molar-refractivity contribution is -0.121. The molecule has 1 aliphatic rings. The van der Waals surface area contributed by atoms with Crippen LogP contribution in [0.15, 0.2) is 30.3 Å². The number of carbonyl (C=O) groups excluding carboxylic acids is 2. The summed E-state index contributed by atoms with van der Waals surface area (Å²) >= 11 is 0. The highest BCUT2D eigenvalue weighted by Crippen LogP contribution is 2.35. The van der Waals surface area contributed by atoms with Gasteiger partial charge in [-0.2, -0.15) is 0 Å². The van der Waals surface area contributed by atoms with Gasteiger partial charge in [0, 0.05) is 19.1 Å². The first-order valence-corrected chi connectivity index (χ1v) is 8.95. The van der Waals surface area contributed by atoms with Crippen molar-refractivity contribution >= 4 is 11.9 Å². The lowest BCUT2D eigenvalue weighted by Crippen LogP contribution is -2.47. The van der Waals surface area contributed by atoms with Crippen molar-refractivity contribution in [2.75, 3.05) is 13.1 Å². The van der Waals surface area contributed by atoms with Crippen molar-refractivity contribution in [2.24, 2.45) is 5.92 Å². The van der Waals surface area contributed by atoms with Crippen LogP contribution in [0.25, 0.3) is 0 Å². The van der Waals surface area contributed by atoms with Gasteiger partial charge in [-0.15, -0.1) is 0 Å². The maximum absolute atomic E-state index is 12.2. The first-order chi connectivity index (χ1) is 11.6. The zero-order valence-corrected chi connectivity index (χ0v) is 14.8. The fourth-order valence-corrected chi connectivity index (χ4v) is 2.81. The molecule has 1 aliphatic carbocycles. The Kier molecular flexibility index (Phi) is 7.25. The molecule has 0 aliphatic heterocycles. The van der Waals surface area contributed by atoms with Gasteiger partial charge < -0.3 is 5.32 Å².